The Morgan fingerprint density at radius 2 is 1.68 bits per heavy atom. The van der Waals surface area contributed by atoms with Crippen LogP contribution in [-0.4, -0.2) is 50.8 Å². The predicted octanol–water partition coefficient (Wildman–Crippen LogP) is 2.92. The topological polar surface area (TPSA) is 24.9 Å². The molecular weight excluding hydrogens is 312 g/mol. The third-order valence-corrected chi connectivity index (χ3v) is 5.70. The van der Waals surface area contributed by atoms with Crippen LogP contribution in [0.15, 0.2) is 42.5 Å². The molecule has 3 aliphatic rings. The van der Waals surface area contributed by atoms with E-state index in [1.807, 2.05) is 6.07 Å². The first-order chi connectivity index (χ1) is 12.4. The first-order valence-electron chi connectivity index (χ1n) is 9.31. The first-order valence-corrected chi connectivity index (χ1v) is 9.31. The Morgan fingerprint density at radius 1 is 0.880 bits per heavy atom. The number of ether oxygens (including phenoxy) is 2. The second-order valence-corrected chi connectivity index (χ2v) is 7.22. The van der Waals surface area contributed by atoms with Gasteiger partial charge in [0.05, 0.1) is 0 Å². The summed E-state index contributed by atoms with van der Waals surface area (Å²) >= 11 is 0. The molecule has 0 N–H and O–H groups in total. The molecule has 1 atom stereocenters. The summed E-state index contributed by atoms with van der Waals surface area (Å²) < 4.78 is 11.3. The smallest absolute Gasteiger partial charge is 0.163 e. The van der Waals surface area contributed by atoms with Gasteiger partial charge in [-0.1, -0.05) is 24.3 Å². The molecule has 1 saturated heterocycles. The summed E-state index contributed by atoms with van der Waals surface area (Å²) in [5, 5.41) is 0. The minimum absolute atomic E-state index is 0.646. The van der Waals surface area contributed by atoms with Gasteiger partial charge in [0.25, 0.3) is 0 Å². The number of anilines is 1. The lowest BCUT2D eigenvalue weighted by Gasteiger charge is -2.40. The second kappa shape index (κ2) is 6.26. The highest BCUT2D eigenvalue weighted by Gasteiger charge is 2.28. The van der Waals surface area contributed by atoms with Crippen LogP contribution in [0.1, 0.15) is 17.0 Å². The van der Waals surface area contributed by atoms with E-state index in [1.165, 1.54) is 18.7 Å². The number of benzene rings is 2. The molecule has 2 aromatic carbocycles. The van der Waals surface area contributed by atoms with Crippen LogP contribution in [0.25, 0.3) is 0 Å². The van der Waals surface area contributed by atoms with Crippen LogP contribution in [0, 0.1) is 0 Å². The van der Waals surface area contributed by atoms with E-state index in [0.29, 0.717) is 13.2 Å². The normalized spacial score (nSPS) is 22.2. The summed E-state index contributed by atoms with van der Waals surface area (Å²) in [4.78, 5) is 5.08. The number of piperazine rings is 1. The molecule has 4 heteroatoms. The van der Waals surface area contributed by atoms with E-state index in [0.717, 1.165) is 43.6 Å². The molecule has 130 valence electrons. The minimum Gasteiger partial charge on any atom is -0.486 e. The molecule has 1 fully saturated rings. The predicted molar refractivity (Wildman–Crippen MR) is 99.0 cm³/mol. The van der Waals surface area contributed by atoms with Crippen molar-refractivity contribution in [3.63, 3.8) is 0 Å². The van der Waals surface area contributed by atoms with Crippen molar-refractivity contribution < 1.29 is 9.47 Å². The molecule has 0 radical (unpaired) electrons. The maximum absolute atomic E-state index is 5.72. The zero-order valence-corrected chi connectivity index (χ0v) is 14.5. The van der Waals surface area contributed by atoms with Crippen molar-refractivity contribution in [1.29, 1.82) is 0 Å². The van der Waals surface area contributed by atoms with Crippen molar-refractivity contribution in [2.75, 3.05) is 50.8 Å². The van der Waals surface area contributed by atoms with E-state index in [4.69, 9.17) is 9.47 Å². The van der Waals surface area contributed by atoms with Crippen molar-refractivity contribution in [3.8, 4) is 11.5 Å². The molecule has 0 amide bonds. The fourth-order valence-electron chi connectivity index (χ4n) is 4.25. The Bertz CT molecular complexity index is 768. The lowest BCUT2D eigenvalue weighted by molar-refractivity contribution is 0.171. The second-order valence-electron chi connectivity index (χ2n) is 7.22. The van der Waals surface area contributed by atoms with E-state index in [1.54, 1.807) is 11.1 Å². The Hall–Kier alpha value is -2.20. The van der Waals surface area contributed by atoms with Crippen molar-refractivity contribution in [2.45, 2.75) is 12.3 Å². The third-order valence-electron chi connectivity index (χ3n) is 5.70. The van der Waals surface area contributed by atoms with E-state index in [-0.39, 0.29) is 0 Å². The minimum atomic E-state index is 0.646. The number of hydrogen-bond acceptors (Lipinski definition) is 4. The van der Waals surface area contributed by atoms with Gasteiger partial charge in [-0.3, -0.25) is 4.90 Å². The average Bonchev–Trinajstić information content (AvgIpc) is 2.66. The lowest BCUT2D eigenvalue weighted by atomic mass is 9.77. The van der Waals surface area contributed by atoms with Crippen LogP contribution >= 0.6 is 0 Å². The van der Waals surface area contributed by atoms with Gasteiger partial charge in [-0.2, -0.15) is 0 Å². The molecule has 25 heavy (non-hydrogen) atoms. The molecule has 0 bridgehead atoms. The average molecular weight is 336 g/mol. The Balaban J connectivity index is 1.19. The van der Waals surface area contributed by atoms with E-state index < -0.39 is 0 Å². The van der Waals surface area contributed by atoms with Crippen LogP contribution in [-0.2, 0) is 6.42 Å². The van der Waals surface area contributed by atoms with Crippen LogP contribution < -0.4 is 14.4 Å². The fraction of sp³-hybridized carbons (Fsp3) is 0.429. The van der Waals surface area contributed by atoms with Gasteiger partial charge in [0.15, 0.2) is 11.5 Å². The largest absolute Gasteiger partial charge is 0.486 e. The molecule has 0 aromatic heterocycles. The standard InChI is InChI=1S/C21H24N2O2/c1-2-4-19-16(3-1)13-17(19)15-22-7-9-23(10-8-22)18-5-6-20-21(14-18)25-12-11-24-20/h1-6,14,17H,7-13,15H2. The van der Waals surface area contributed by atoms with Gasteiger partial charge in [0.1, 0.15) is 13.2 Å². The molecule has 2 aliphatic heterocycles. The van der Waals surface area contributed by atoms with Gasteiger partial charge in [-0.15, -0.1) is 0 Å². The van der Waals surface area contributed by atoms with Crippen molar-refractivity contribution in [1.82, 2.24) is 4.90 Å². The Kier molecular flexibility index (Phi) is 3.78. The van der Waals surface area contributed by atoms with E-state index in [9.17, 15) is 0 Å². The Morgan fingerprint density at radius 3 is 2.52 bits per heavy atom. The number of hydrogen-bond donors (Lipinski definition) is 0. The van der Waals surface area contributed by atoms with Crippen molar-refractivity contribution in [3.05, 3.63) is 53.6 Å². The van der Waals surface area contributed by atoms with Crippen LogP contribution in [0.2, 0.25) is 0 Å². The summed E-state index contributed by atoms with van der Waals surface area (Å²) in [6.45, 7) is 6.91. The van der Waals surface area contributed by atoms with Crippen molar-refractivity contribution >= 4 is 5.69 Å². The van der Waals surface area contributed by atoms with E-state index >= 15 is 0 Å². The van der Waals surface area contributed by atoms with Crippen molar-refractivity contribution in [2.24, 2.45) is 0 Å². The molecule has 1 unspecified atom stereocenters. The summed E-state index contributed by atoms with van der Waals surface area (Å²) in [7, 11) is 0. The van der Waals surface area contributed by atoms with Crippen LogP contribution in [0.5, 0.6) is 11.5 Å². The Labute approximate surface area is 149 Å². The highest BCUT2D eigenvalue weighted by molar-refractivity contribution is 5.57. The third kappa shape index (κ3) is 2.85. The van der Waals surface area contributed by atoms with Gasteiger partial charge in [0.2, 0.25) is 0 Å². The van der Waals surface area contributed by atoms with Gasteiger partial charge in [-0.05, 0) is 29.7 Å². The quantitative estimate of drug-likeness (QED) is 0.860. The lowest BCUT2D eigenvalue weighted by Crippen LogP contribution is -2.48. The molecule has 0 saturated carbocycles. The summed E-state index contributed by atoms with van der Waals surface area (Å²) in [5.41, 5.74) is 4.36. The molecule has 4 nitrogen and oxygen atoms in total. The summed E-state index contributed by atoms with van der Waals surface area (Å²) in [6, 6.07) is 15.2. The maximum atomic E-state index is 5.72. The van der Waals surface area contributed by atoms with Crippen LogP contribution in [0.4, 0.5) is 5.69 Å². The number of rotatable bonds is 3. The van der Waals surface area contributed by atoms with Gasteiger partial charge in [0, 0.05) is 50.4 Å². The highest BCUT2D eigenvalue weighted by atomic mass is 16.6. The van der Waals surface area contributed by atoms with Gasteiger partial charge < -0.3 is 14.4 Å². The zero-order chi connectivity index (χ0) is 16.6. The highest BCUT2D eigenvalue weighted by Crippen LogP contribution is 2.36. The molecule has 5 rings (SSSR count). The fourth-order valence-corrected chi connectivity index (χ4v) is 4.25. The zero-order valence-electron chi connectivity index (χ0n) is 14.5. The van der Waals surface area contributed by atoms with E-state index in [2.05, 4.69) is 46.2 Å². The summed E-state index contributed by atoms with van der Waals surface area (Å²) in [5.74, 6) is 2.49. The van der Waals surface area contributed by atoms with Gasteiger partial charge >= 0.3 is 0 Å². The number of fused-ring (bicyclic) bond motifs is 2. The summed E-state index contributed by atoms with van der Waals surface area (Å²) in [6.07, 6.45) is 1.25. The van der Waals surface area contributed by atoms with Crippen LogP contribution in [0.3, 0.4) is 0 Å². The SMILES string of the molecule is c1ccc2c(c1)CC2CN1CCN(c2ccc3c(c2)OCCO3)CC1. The maximum Gasteiger partial charge on any atom is 0.163 e. The van der Waals surface area contributed by atoms with Gasteiger partial charge in [-0.25, -0.2) is 0 Å². The first kappa shape index (κ1) is 15.1. The molecule has 2 heterocycles. The molecule has 0 spiro atoms. The molecule has 2 aromatic rings. The monoisotopic (exact) mass is 336 g/mol. The molecule has 1 aliphatic carbocycles. The molecular formula is C21H24N2O2. The number of nitrogens with zero attached hydrogens (tertiary/aromatic N) is 2.